The van der Waals surface area contributed by atoms with Crippen molar-refractivity contribution in [1.82, 2.24) is 5.32 Å². The van der Waals surface area contributed by atoms with Crippen LogP contribution < -0.4 is 20.1 Å². The number of carbonyl (C=O) groups excluding carboxylic acids is 2. The Morgan fingerprint density at radius 1 is 1.00 bits per heavy atom. The van der Waals surface area contributed by atoms with Gasteiger partial charge in [-0.2, -0.15) is 0 Å². The van der Waals surface area contributed by atoms with Crippen molar-refractivity contribution < 1.29 is 19.1 Å². The van der Waals surface area contributed by atoms with E-state index in [1.54, 1.807) is 25.3 Å². The first-order valence-electron chi connectivity index (χ1n) is 9.59. The number of nitrogens with one attached hydrogen (secondary N) is 2. The van der Waals surface area contributed by atoms with Gasteiger partial charge in [0.1, 0.15) is 0 Å². The molecule has 28 heavy (non-hydrogen) atoms. The summed E-state index contributed by atoms with van der Waals surface area (Å²) < 4.78 is 11.4. The van der Waals surface area contributed by atoms with E-state index in [-0.39, 0.29) is 30.9 Å². The van der Waals surface area contributed by atoms with E-state index >= 15 is 0 Å². The maximum absolute atomic E-state index is 12.2. The molecular weight excluding hydrogens is 356 g/mol. The Labute approximate surface area is 165 Å². The number of carbonyl (C=O) groups is 2. The van der Waals surface area contributed by atoms with Crippen LogP contribution in [0.3, 0.4) is 0 Å². The molecule has 1 fully saturated rings. The summed E-state index contributed by atoms with van der Waals surface area (Å²) in [6, 6.07) is 14.7. The Balaban J connectivity index is 1.52. The molecule has 0 heterocycles. The third kappa shape index (κ3) is 5.74. The van der Waals surface area contributed by atoms with Gasteiger partial charge in [-0.25, -0.2) is 0 Å². The minimum atomic E-state index is -0.293. The van der Waals surface area contributed by atoms with E-state index in [4.69, 9.17) is 9.47 Å². The first-order valence-corrected chi connectivity index (χ1v) is 9.59. The third-order valence-electron chi connectivity index (χ3n) is 4.70. The fraction of sp³-hybridized carbons (Fsp3) is 0.364. The van der Waals surface area contributed by atoms with Crippen LogP contribution in [0.1, 0.15) is 31.2 Å². The lowest BCUT2D eigenvalue weighted by Gasteiger charge is -2.17. The number of ether oxygens (including phenoxy) is 2. The smallest absolute Gasteiger partial charge is 0.243 e. The number of methoxy groups -OCH3 is 1. The fourth-order valence-corrected chi connectivity index (χ4v) is 3.26. The van der Waals surface area contributed by atoms with E-state index in [9.17, 15) is 9.59 Å². The molecule has 0 aromatic heterocycles. The zero-order valence-corrected chi connectivity index (χ0v) is 16.1. The predicted molar refractivity (Wildman–Crippen MR) is 108 cm³/mol. The summed E-state index contributed by atoms with van der Waals surface area (Å²) in [5.74, 6) is 0.779. The van der Waals surface area contributed by atoms with E-state index in [0.717, 1.165) is 18.4 Å². The summed E-state index contributed by atoms with van der Waals surface area (Å²) in [7, 11) is 1.59. The first-order chi connectivity index (χ1) is 13.6. The molecule has 0 aliphatic heterocycles. The molecule has 1 aliphatic carbocycles. The van der Waals surface area contributed by atoms with Gasteiger partial charge in [-0.3, -0.25) is 9.59 Å². The molecule has 2 amide bonds. The van der Waals surface area contributed by atoms with Gasteiger partial charge < -0.3 is 20.1 Å². The summed E-state index contributed by atoms with van der Waals surface area (Å²) in [5, 5.41) is 5.43. The average molecular weight is 382 g/mol. The third-order valence-corrected chi connectivity index (χ3v) is 4.70. The van der Waals surface area contributed by atoms with Gasteiger partial charge in [-0.15, -0.1) is 0 Å². The van der Waals surface area contributed by atoms with Gasteiger partial charge in [0.15, 0.2) is 11.5 Å². The van der Waals surface area contributed by atoms with Crippen molar-refractivity contribution in [1.29, 1.82) is 0 Å². The van der Waals surface area contributed by atoms with Crippen LogP contribution in [0.5, 0.6) is 11.5 Å². The molecule has 148 valence electrons. The second-order valence-corrected chi connectivity index (χ2v) is 6.88. The van der Waals surface area contributed by atoms with Crippen molar-refractivity contribution in [3.63, 3.8) is 0 Å². The molecule has 0 spiro atoms. The van der Waals surface area contributed by atoms with Gasteiger partial charge in [0.25, 0.3) is 0 Å². The maximum atomic E-state index is 12.2. The van der Waals surface area contributed by atoms with Gasteiger partial charge >= 0.3 is 0 Å². The van der Waals surface area contributed by atoms with E-state index in [0.29, 0.717) is 17.2 Å². The molecule has 3 rings (SSSR count). The topological polar surface area (TPSA) is 76.7 Å². The molecule has 0 radical (unpaired) electrons. The van der Waals surface area contributed by atoms with Crippen LogP contribution in [-0.4, -0.2) is 31.6 Å². The largest absolute Gasteiger partial charge is 0.493 e. The van der Waals surface area contributed by atoms with Crippen molar-refractivity contribution in [2.75, 3.05) is 19.0 Å². The van der Waals surface area contributed by atoms with Crippen molar-refractivity contribution in [2.24, 2.45) is 0 Å². The minimum Gasteiger partial charge on any atom is -0.493 e. The van der Waals surface area contributed by atoms with Crippen LogP contribution in [0.4, 0.5) is 5.69 Å². The molecule has 2 N–H and O–H groups in total. The van der Waals surface area contributed by atoms with E-state index in [1.807, 2.05) is 30.3 Å². The molecule has 0 atom stereocenters. The highest BCUT2D eigenvalue weighted by Gasteiger charge is 2.19. The molecule has 2 aromatic rings. The van der Waals surface area contributed by atoms with E-state index < -0.39 is 0 Å². The van der Waals surface area contributed by atoms with Crippen LogP contribution >= 0.6 is 0 Å². The van der Waals surface area contributed by atoms with Gasteiger partial charge in [-0.1, -0.05) is 30.3 Å². The number of hydrogen-bond donors (Lipinski definition) is 2. The highest BCUT2D eigenvalue weighted by molar-refractivity contribution is 5.95. The Bertz CT molecular complexity index is 801. The van der Waals surface area contributed by atoms with Crippen molar-refractivity contribution in [3.8, 4) is 11.5 Å². The Hall–Kier alpha value is -3.02. The number of amides is 2. The number of hydrogen-bond acceptors (Lipinski definition) is 4. The van der Waals surface area contributed by atoms with Gasteiger partial charge in [0, 0.05) is 11.8 Å². The monoisotopic (exact) mass is 382 g/mol. The zero-order chi connectivity index (χ0) is 19.8. The summed E-state index contributed by atoms with van der Waals surface area (Å²) in [4.78, 5) is 24.2. The highest BCUT2D eigenvalue weighted by Crippen LogP contribution is 2.33. The van der Waals surface area contributed by atoms with Crippen LogP contribution in [0.15, 0.2) is 48.5 Å². The summed E-state index contributed by atoms with van der Waals surface area (Å²) in [6.07, 6.45) is 4.85. The van der Waals surface area contributed by atoms with Crippen molar-refractivity contribution in [2.45, 2.75) is 38.2 Å². The van der Waals surface area contributed by atoms with Crippen LogP contribution in [-0.2, 0) is 16.0 Å². The SMILES string of the molecule is COc1ccc(NC(=O)CNC(=O)Cc2ccccc2)cc1OC1CCCC1. The second kappa shape index (κ2) is 9.78. The van der Waals surface area contributed by atoms with Gasteiger partial charge in [0.05, 0.1) is 26.2 Å². The Morgan fingerprint density at radius 2 is 1.75 bits per heavy atom. The highest BCUT2D eigenvalue weighted by atomic mass is 16.5. The molecule has 0 saturated heterocycles. The lowest BCUT2D eigenvalue weighted by molar-refractivity contribution is -0.123. The van der Waals surface area contributed by atoms with Crippen LogP contribution in [0.25, 0.3) is 0 Å². The molecule has 2 aromatic carbocycles. The minimum absolute atomic E-state index is 0.0868. The normalized spacial score (nSPS) is 13.8. The van der Waals surface area contributed by atoms with E-state index in [1.165, 1.54) is 12.8 Å². The fourth-order valence-electron chi connectivity index (χ4n) is 3.26. The number of rotatable bonds is 8. The lowest BCUT2D eigenvalue weighted by Crippen LogP contribution is -2.33. The molecule has 1 saturated carbocycles. The van der Waals surface area contributed by atoms with E-state index in [2.05, 4.69) is 10.6 Å². The molecule has 6 heteroatoms. The predicted octanol–water partition coefficient (Wildman–Crippen LogP) is 3.31. The maximum Gasteiger partial charge on any atom is 0.243 e. The first kappa shape index (κ1) is 19.7. The molecule has 6 nitrogen and oxygen atoms in total. The number of anilines is 1. The summed E-state index contributed by atoms with van der Waals surface area (Å²) in [6.45, 7) is -0.0868. The number of benzene rings is 2. The Morgan fingerprint density at radius 3 is 2.46 bits per heavy atom. The molecule has 0 unspecified atom stereocenters. The van der Waals surface area contributed by atoms with Crippen LogP contribution in [0.2, 0.25) is 0 Å². The molecular formula is C22H26N2O4. The molecule has 0 bridgehead atoms. The van der Waals surface area contributed by atoms with Gasteiger partial charge in [-0.05, 0) is 43.4 Å². The average Bonchev–Trinajstić information content (AvgIpc) is 3.21. The quantitative estimate of drug-likeness (QED) is 0.734. The Kier molecular flexibility index (Phi) is 6.89. The summed E-state index contributed by atoms with van der Waals surface area (Å²) in [5.41, 5.74) is 1.51. The van der Waals surface area contributed by atoms with Gasteiger partial charge in [0.2, 0.25) is 11.8 Å². The lowest BCUT2D eigenvalue weighted by atomic mass is 10.1. The summed E-state index contributed by atoms with van der Waals surface area (Å²) >= 11 is 0. The second-order valence-electron chi connectivity index (χ2n) is 6.88. The van der Waals surface area contributed by atoms with Crippen LogP contribution in [0, 0.1) is 0 Å². The van der Waals surface area contributed by atoms with Crippen molar-refractivity contribution >= 4 is 17.5 Å². The standard InChI is InChI=1S/C22H26N2O4/c1-27-19-12-11-17(14-20(19)28-18-9-5-6-10-18)24-22(26)15-23-21(25)13-16-7-3-2-4-8-16/h2-4,7-8,11-12,14,18H,5-6,9-10,13,15H2,1H3,(H,23,25)(H,24,26). The molecule has 1 aliphatic rings. The zero-order valence-electron chi connectivity index (χ0n) is 16.1. The van der Waals surface area contributed by atoms with Crippen molar-refractivity contribution in [3.05, 3.63) is 54.1 Å².